The molecule has 1 saturated heterocycles. The standard InChI is InChI=1S/C29H30N2O5/c1-20(23-11-7-4-8-12-23)30-29(34)31-26(28(33)36-19-22-9-5-3-6-10-22)25(27(31)32)18-15-21-13-16-24(35-2)17-14-21/h3-14,16-17,20,25-26H,15,18-19H2,1-2H3,(H,30,34)/t20-,25-,26+/m1/s1. The molecular weight excluding hydrogens is 456 g/mol. The van der Waals surface area contributed by atoms with Gasteiger partial charge in [-0.05, 0) is 48.6 Å². The third kappa shape index (κ3) is 5.74. The minimum Gasteiger partial charge on any atom is -0.497 e. The van der Waals surface area contributed by atoms with E-state index >= 15 is 0 Å². The molecule has 7 nitrogen and oxygen atoms in total. The van der Waals surface area contributed by atoms with Crippen LogP contribution in [-0.2, 0) is 27.4 Å². The molecule has 1 N–H and O–H groups in total. The molecule has 0 bridgehead atoms. The normalized spacial score (nSPS) is 17.6. The molecule has 186 valence electrons. The summed E-state index contributed by atoms with van der Waals surface area (Å²) in [5.41, 5.74) is 2.75. The van der Waals surface area contributed by atoms with Gasteiger partial charge < -0.3 is 14.8 Å². The molecule has 0 radical (unpaired) electrons. The number of carbonyl (C=O) groups excluding carboxylic acids is 3. The molecule has 0 saturated carbocycles. The molecule has 0 unspecified atom stereocenters. The number of nitrogens with zero attached hydrogens (tertiary/aromatic N) is 1. The molecule has 3 amide bonds. The molecule has 1 heterocycles. The lowest BCUT2D eigenvalue weighted by molar-refractivity contribution is -0.170. The van der Waals surface area contributed by atoms with Gasteiger partial charge in [0.05, 0.1) is 19.1 Å². The fourth-order valence-electron chi connectivity index (χ4n) is 4.33. The molecule has 3 aromatic rings. The number of likely N-dealkylation sites (tertiary alicyclic amines) is 1. The van der Waals surface area contributed by atoms with Crippen LogP contribution in [0.5, 0.6) is 5.75 Å². The van der Waals surface area contributed by atoms with Gasteiger partial charge in [0.2, 0.25) is 5.91 Å². The second-order valence-corrected chi connectivity index (χ2v) is 8.82. The first-order valence-corrected chi connectivity index (χ1v) is 12.0. The van der Waals surface area contributed by atoms with Gasteiger partial charge in [0.25, 0.3) is 0 Å². The smallest absolute Gasteiger partial charge is 0.330 e. The Kier molecular flexibility index (Phi) is 8.00. The molecule has 3 atom stereocenters. The summed E-state index contributed by atoms with van der Waals surface area (Å²) in [5.74, 6) is -0.840. The van der Waals surface area contributed by atoms with Crippen molar-refractivity contribution in [1.29, 1.82) is 0 Å². The number of amides is 3. The van der Waals surface area contributed by atoms with Crippen molar-refractivity contribution >= 4 is 17.9 Å². The summed E-state index contributed by atoms with van der Waals surface area (Å²) >= 11 is 0. The summed E-state index contributed by atoms with van der Waals surface area (Å²) in [6.07, 6.45) is 1.01. The van der Waals surface area contributed by atoms with Gasteiger partial charge in [-0.2, -0.15) is 0 Å². The number of rotatable bonds is 9. The van der Waals surface area contributed by atoms with Crippen LogP contribution in [0.25, 0.3) is 0 Å². The summed E-state index contributed by atoms with van der Waals surface area (Å²) < 4.78 is 10.7. The number of hydrogen-bond donors (Lipinski definition) is 1. The van der Waals surface area contributed by atoms with Crippen molar-refractivity contribution in [2.45, 2.75) is 38.5 Å². The highest BCUT2D eigenvalue weighted by atomic mass is 16.5. The number of β-lactam (4-membered cyclic amide) rings is 1. The fraction of sp³-hybridized carbons (Fsp3) is 0.276. The SMILES string of the molecule is COc1ccc(CC[C@H]2C(=O)N(C(=O)N[C@H](C)c3ccccc3)[C@@H]2C(=O)OCc2ccccc2)cc1. The molecule has 7 heteroatoms. The highest BCUT2D eigenvalue weighted by molar-refractivity contribution is 6.07. The van der Waals surface area contributed by atoms with Crippen molar-refractivity contribution in [3.63, 3.8) is 0 Å². The number of nitrogens with one attached hydrogen (secondary N) is 1. The van der Waals surface area contributed by atoms with E-state index in [1.165, 1.54) is 0 Å². The lowest BCUT2D eigenvalue weighted by atomic mass is 9.83. The molecule has 1 aliphatic heterocycles. The predicted octanol–water partition coefficient (Wildman–Crippen LogP) is 4.67. The quantitative estimate of drug-likeness (QED) is 0.351. The molecule has 0 aliphatic carbocycles. The lowest BCUT2D eigenvalue weighted by Gasteiger charge is -2.44. The average molecular weight is 487 g/mol. The molecular formula is C29H30N2O5. The number of carbonyl (C=O) groups is 3. The van der Waals surface area contributed by atoms with Gasteiger partial charge in [0, 0.05) is 0 Å². The number of ether oxygens (including phenoxy) is 2. The van der Waals surface area contributed by atoms with Gasteiger partial charge in [0.15, 0.2) is 6.04 Å². The van der Waals surface area contributed by atoms with E-state index in [-0.39, 0.29) is 18.6 Å². The minimum absolute atomic E-state index is 0.0748. The van der Waals surface area contributed by atoms with Crippen LogP contribution in [0.1, 0.15) is 36.1 Å². The number of hydrogen-bond acceptors (Lipinski definition) is 5. The van der Waals surface area contributed by atoms with Crippen molar-refractivity contribution < 1.29 is 23.9 Å². The van der Waals surface area contributed by atoms with E-state index in [1.807, 2.05) is 91.9 Å². The topological polar surface area (TPSA) is 84.9 Å². The van der Waals surface area contributed by atoms with Gasteiger partial charge in [-0.25, -0.2) is 14.5 Å². The third-order valence-corrected chi connectivity index (χ3v) is 6.44. The van der Waals surface area contributed by atoms with E-state index in [9.17, 15) is 14.4 Å². The Balaban J connectivity index is 1.45. The zero-order valence-electron chi connectivity index (χ0n) is 20.4. The van der Waals surface area contributed by atoms with Crippen LogP contribution < -0.4 is 10.1 Å². The Labute approximate surface area is 211 Å². The molecule has 0 spiro atoms. The first-order valence-electron chi connectivity index (χ1n) is 12.0. The van der Waals surface area contributed by atoms with Gasteiger partial charge >= 0.3 is 12.0 Å². The van der Waals surface area contributed by atoms with Gasteiger partial charge in [0.1, 0.15) is 12.4 Å². The molecule has 0 aromatic heterocycles. The Morgan fingerprint density at radius 3 is 2.19 bits per heavy atom. The maximum atomic E-state index is 13.1. The fourth-order valence-corrected chi connectivity index (χ4v) is 4.33. The Morgan fingerprint density at radius 2 is 1.56 bits per heavy atom. The summed E-state index contributed by atoms with van der Waals surface area (Å²) in [7, 11) is 1.60. The molecule has 4 rings (SSSR count). The summed E-state index contributed by atoms with van der Waals surface area (Å²) in [6, 6.07) is 24.4. The van der Waals surface area contributed by atoms with E-state index < -0.39 is 24.0 Å². The third-order valence-electron chi connectivity index (χ3n) is 6.44. The van der Waals surface area contributed by atoms with Crippen molar-refractivity contribution in [3.05, 3.63) is 102 Å². The lowest BCUT2D eigenvalue weighted by Crippen LogP contribution is -2.68. The molecule has 1 fully saturated rings. The van der Waals surface area contributed by atoms with Crippen molar-refractivity contribution in [1.82, 2.24) is 10.2 Å². The van der Waals surface area contributed by atoms with Crippen LogP contribution in [0.2, 0.25) is 0 Å². The predicted molar refractivity (Wildman–Crippen MR) is 135 cm³/mol. The van der Waals surface area contributed by atoms with E-state index in [0.29, 0.717) is 12.8 Å². The number of methoxy groups -OCH3 is 1. The summed E-state index contributed by atoms with van der Waals surface area (Å²) in [4.78, 5) is 40.3. The highest BCUT2D eigenvalue weighted by Gasteiger charge is 2.55. The molecule has 3 aromatic carbocycles. The van der Waals surface area contributed by atoms with Crippen molar-refractivity contribution in [2.24, 2.45) is 5.92 Å². The van der Waals surface area contributed by atoms with Crippen LogP contribution in [0.3, 0.4) is 0 Å². The second-order valence-electron chi connectivity index (χ2n) is 8.82. The van der Waals surface area contributed by atoms with E-state index in [1.54, 1.807) is 7.11 Å². The van der Waals surface area contributed by atoms with Gasteiger partial charge in [-0.15, -0.1) is 0 Å². The zero-order chi connectivity index (χ0) is 25.5. The Morgan fingerprint density at radius 1 is 0.917 bits per heavy atom. The van der Waals surface area contributed by atoms with Crippen LogP contribution >= 0.6 is 0 Å². The maximum absolute atomic E-state index is 13.1. The number of urea groups is 1. The Bertz CT molecular complexity index is 1180. The van der Waals surface area contributed by atoms with Crippen molar-refractivity contribution in [2.75, 3.05) is 7.11 Å². The zero-order valence-corrected chi connectivity index (χ0v) is 20.4. The van der Waals surface area contributed by atoms with Gasteiger partial charge in [-0.3, -0.25) is 4.79 Å². The molecule has 36 heavy (non-hydrogen) atoms. The average Bonchev–Trinajstić information content (AvgIpc) is 2.91. The van der Waals surface area contributed by atoms with E-state index in [4.69, 9.17) is 9.47 Å². The van der Waals surface area contributed by atoms with Crippen LogP contribution in [-0.4, -0.2) is 36.0 Å². The monoisotopic (exact) mass is 486 g/mol. The first-order chi connectivity index (χ1) is 17.5. The first kappa shape index (κ1) is 25.0. The number of benzene rings is 3. The summed E-state index contributed by atoms with van der Waals surface area (Å²) in [6.45, 7) is 1.91. The van der Waals surface area contributed by atoms with E-state index in [2.05, 4.69) is 5.32 Å². The second kappa shape index (κ2) is 11.5. The largest absolute Gasteiger partial charge is 0.497 e. The number of esters is 1. The van der Waals surface area contributed by atoms with E-state index in [0.717, 1.165) is 27.3 Å². The number of aryl methyl sites for hydroxylation is 1. The summed E-state index contributed by atoms with van der Waals surface area (Å²) in [5, 5.41) is 2.84. The minimum atomic E-state index is -0.970. The van der Waals surface area contributed by atoms with Crippen LogP contribution in [0, 0.1) is 5.92 Å². The Hall–Kier alpha value is -4.13. The van der Waals surface area contributed by atoms with Crippen LogP contribution in [0.15, 0.2) is 84.9 Å². The highest BCUT2D eigenvalue weighted by Crippen LogP contribution is 2.33. The molecule has 1 aliphatic rings. The van der Waals surface area contributed by atoms with Crippen molar-refractivity contribution in [3.8, 4) is 5.75 Å². The van der Waals surface area contributed by atoms with Crippen LogP contribution in [0.4, 0.5) is 4.79 Å². The maximum Gasteiger partial charge on any atom is 0.330 e. The van der Waals surface area contributed by atoms with Gasteiger partial charge in [-0.1, -0.05) is 72.8 Å². The number of imide groups is 1.